The third-order valence-electron chi connectivity index (χ3n) is 4.97. The highest BCUT2D eigenvalue weighted by Gasteiger charge is 2.18. The molecule has 0 fully saturated rings. The zero-order valence-corrected chi connectivity index (χ0v) is 15.6. The van der Waals surface area contributed by atoms with Crippen molar-refractivity contribution in [2.75, 3.05) is 14.2 Å². The highest BCUT2D eigenvalue weighted by Crippen LogP contribution is 2.45. The van der Waals surface area contributed by atoms with Crippen LogP contribution >= 0.6 is 0 Å². The van der Waals surface area contributed by atoms with Crippen molar-refractivity contribution in [3.05, 3.63) is 72.3 Å². The standard InChI is InChI=1S/C24H20O3/c1-15(25)17-8-11-20-18(14-17)10-13-22(27-3)24(20)23-19-7-5-4-6-16(19)9-12-21(23)26-2/h4-14H,1-3H3. The van der Waals surface area contributed by atoms with E-state index in [4.69, 9.17) is 9.47 Å². The van der Waals surface area contributed by atoms with Crippen molar-refractivity contribution in [3.63, 3.8) is 0 Å². The van der Waals surface area contributed by atoms with Gasteiger partial charge in [-0.3, -0.25) is 4.79 Å². The van der Waals surface area contributed by atoms with Gasteiger partial charge < -0.3 is 9.47 Å². The van der Waals surface area contributed by atoms with Crippen LogP contribution < -0.4 is 9.47 Å². The van der Waals surface area contributed by atoms with Crippen LogP contribution in [0.1, 0.15) is 17.3 Å². The maximum Gasteiger partial charge on any atom is 0.159 e. The quantitative estimate of drug-likeness (QED) is 0.428. The van der Waals surface area contributed by atoms with Crippen LogP contribution in [-0.4, -0.2) is 20.0 Å². The molecule has 27 heavy (non-hydrogen) atoms. The monoisotopic (exact) mass is 356 g/mol. The Hall–Kier alpha value is -3.33. The van der Waals surface area contributed by atoms with Crippen molar-refractivity contribution in [1.82, 2.24) is 0 Å². The number of carbonyl (C=O) groups is 1. The van der Waals surface area contributed by atoms with Crippen molar-refractivity contribution < 1.29 is 14.3 Å². The zero-order chi connectivity index (χ0) is 19.0. The number of benzene rings is 4. The summed E-state index contributed by atoms with van der Waals surface area (Å²) in [7, 11) is 3.35. The fourth-order valence-electron chi connectivity index (χ4n) is 3.64. The summed E-state index contributed by atoms with van der Waals surface area (Å²) in [4.78, 5) is 11.8. The van der Waals surface area contributed by atoms with E-state index in [-0.39, 0.29) is 5.78 Å². The molecule has 0 heterocycles. The molecule has 0 aliphatic carbocycles. The highest BCUT2D eigenvalue weighted by molar-refractivity contribution is 6.11. The lowest BCUT2D eigenvalue weighted by Gasteiger charge is -2.18. The van der Waals surface area contributed by atoms with Crippen molar-refractivity contribution in [1.29, 1.82) is 0 Å². The van der Waals surface area contributed by atoms with Gasteiger partial charge in [0.2, 0.25) is 0 Å². The number of ketones is 1. The smallest absolute Gasteiger partial charge is 0.159 e. The first-order valence-corrected chi connectivity index (χ1v) is 8.82. The summed E-state index contributed by atoms with van der Waals surface area (Å²) in [5.41, 5.74) is 2.66. The number of Topliss-reactive ketones (excluding diaryl/α,β-unsaturated/α-hetero) is 1. The van der Waals surface area contributed by atoms with Gasteiger partial charge in [0.1, 0.15) is 11.5 Å². The summed E-state index contributed by atoms with van der Waals surface area (Å²) in [6.07, 6.45) is 0. The van der Waals surface area contributed by atoms with Crippen molar-refractivity contribution in [3.8, 4) is 22.6 Å². The highest BCUT2D eigenvalue weighted by atomic mass is 16.5. The van der Waals surface area contributed by atoms with E-state index in [0.29, 0.717) is 5.56 Å². The second-order valence-electron chi connectivity index (χ2n) is 6.50. The molecule has 0 amide bonds. The van der Waals surface area contributed by atoms with Crippen LogP contribution in [0.5, 0.6) is 11.5 Å². The molecular weight excluding hydrogens is 336 g/mol. The number of hydrogen-bond acceptors (Lipinski definition) is 3. The molecule has 0 saturated heterocycles. The molecule has 0 spiro atoms. The van der Waals surface area contributed by atoms with Gasteiger partial charge in [0.05, 0.1) is 14.2 Å². The van der Waals surface area contributed by atoms with Gasteiger partial charge in [0.25, 0.3) is 0 Å². The summed E-state index contributed by atoms with van der Waals surface area (Å²) >= 11 is 0. The molecular formula is C24H20O3. The predicted octanol–water partition coefficient (Wildman–Crippen LogP) is 5.88. The number of rotatable bonds is 4. The average Bonchev–Trinajstić information content (AvgIpc) is 2.71. The Bertz CT molecular complexity index is 1180. The first kappa shape index (κ1) is 17.1. The minimum atomic E-state index is 0.0528. The molecule has 0 radical (unpaired) electrons. The first-order valence-electron chi connectivity index (χ1n) is 8.82. The summed E-state index contributed by atoms with van der Waals surface area (Å²) in [6.45, 7) is 1.58. The van der Waals surface area contributed by atoms with Crippen molar-refractivity contribution in [2.24, 2.45) is 0 Å². The van der Waals surface area contributed by atoms with Crippen LogP contribution in [0.15, 0.2) is 66.7 Å². The van der Waals surface area contributed by atoms with E-state index in [1.54, 1.807) is 21.1 Å². The Labute approximate surface area is 158 Å². The number of carbonyl (C=O) groups excluding carboxylic acids is 1. The van der Waals surface area contributed by atoms with Crippen LogP contribution in [0.3, 0.4) is 0 Å². The molecule has 0 aliphatic heterocycles. The van der Waals surface area contributed by atoms with Gasteiger partial charge in [-0.1, -0.05) is 48.5 Å². The lowest BCUT2D eigenvalue weighted by Crippen LogP contribution is -1.96. The van der Waals surface area contributed by atoms with Crippen molar-refractivity contribution in [2.45, 2.75) is 6.92 Å². The molecule has 3 heteroatoms. The molecule has 3 nitrogen and oxygen atoms in total. The lowest BCUT2D eigenvalue weighted by molar-refractivity contribution is 0.101. The molecule has 0 aliphatic rings. The molecule has 0 unspecified atom stereocenters. The molecule has 4 aromatic rings. The van der Waals surface area contributed by atoms with Gasteiger partial charge in [-0.25, -0.2) is 0 Å². The summed E-state index contributed by atoms with van der Waals surface area (Å²) in [5, 5.41) is 4.24. The van der Waals surface area contributed by atoms with E-state index >= 15 is 0 Å². The van der Waals surface area contributed by atoms with E-state index in [0.717, 1.165) is 44.2 Å². The van der Waals surface area contributed by atoms with Crippen LogP contribution in [0.2, 0.25) is 0 Å². The molecule has 4 rings (SSSR count). The zero-order valence-electron chi connectivity index (χ0n) is 15.6. The van der Waals surface area contributed by atoms with E-state index in [1.165, 1.54) is 0 Å². The Morgan fingerprint density at radius 3 is 1.93 bits per heavy atom. The number of ether oxygens (including phenoxy) is 2. The van der Waals surface area contributed by atoms with Crippen LogP contribution in [0.4, 0.5) is 0 Å². The molecule has 134 valence electrons. The molecule has 0 N–H and O–H groups in total. The van der Waals surface area contributed by atoms with Gasteiger partial charge >= 0.3 is 0 Å². The molecule has 0 atom stereocenters. The predicted molar refractivity (Wildman–Crippen MR) is 110 cm³/mol. The third-order valence-corrected chi connectivity index (χ3v) is 4.97. The van der Waals surface area contributed by atoms with E-state index in [1.807, 2.05) is 48.5 Å². The van der Waals surface area contributed by atoms with Crippen LogP contribution in [-0.2, 0) is 0 Å². The fourth-order valence-corrected chi connectivity index (χ4v) is 3.64. The van der Waals surface area contributed by atoms with Gasteiger partial charge in [-0.2, -0.15) is 0 Å². The minimum absolute atomic E-state index is 0.0528. The van der Waals surface area contributed by atoms with Gasteiger partial charge in [-0.15, -0.1) is 0 Å². The average molecular weight is 356 g/mol. The fraction of sp³-hybridized carbons (Fsp3) is 0.125. The van der Waals surface area contributed by atoms with E-state index in [2.05, 4.69) is 18.2 Å². The summed E-state index contributed by atoms with van der Waals surface area (Å²) in [6, 6.07) is 22.0. The normalized spacial score (nSPS) is 10.9. The molecule has 0 saturated carbocycles. The van der Waals surface area contributed by atoms with E-state index < -0.39 is 0 Å². The first-order chi connectivity index (χ1) is 13.1. The lowest BCUT2D eigenvalue weighted by atomic mass is 9.91. The largest absolute Gasteiger partial charge is 0.496 e. The van der Waals surface area contributed by atoms with Gasteiger partial charge in [0, 0.05) is 16.7 Å². The Kier molecular flexibility index (Phi) is 4.28. The Balaban J connectivity index is 2.15. The maximum absolute atomic E-state index is 11.8. The Morgan fingerprint density at radius 1 is 0.704 bits per heavy atom. The third kappa shape index (κ3) is 2.81. The summed E-state index contributed by atoms with van der Waals surface area (Å²) < 4.78 is 11.4. The number of fused-ring (bicyclic) bond motifs is 2. The Morgan fingerprint density at radius 2 is 1.30 bits per heavy atom. The molecule has 4 aromatic carbocycles. The van der Waals surface area contributed by atoms with Crippen LogP contribution in [0, 0.1) is 0 Å². The second-order valence-corrected chi connectivity index (χ2v) is 6.50. The number of hydrogen-bond donors (Lipinski definition) is 0. The topological polar surface area (TPSA) is 35.5 Å². The van der Waals surface area contributed by atoms with Gasteiger partial charge in [-0.05, 0) is 46.7 Å². The molecule has 0 bridgehead atoms. The minimum Gasteiger partial charge on any atom is -0.496 e. The number of methoxy groups -OCH3 is 2. The van der Waals surface area contributed by atoms with Crippen molar-refractivity contribution >= 4 is 27.3 Å². The summed E-state index contributed by atoms with van der Waals surface area (Å²) in [5.74, 6) is 1.61. The van der Waals surface area contributed by atoms with Gasteiger partial charge in [0.15, 0.2) is 5.78 Å². The molecule has 0 aromatic heterocycles. The second kappa shape index (κ2) is 6.76. The van der Waals surface area contributed by atoms with Crippen LogP contribution in [0.25, 0.3) is 32.7 Å². The van der Waals surface area contributed by atoms with E-state index in [9.17, 15) is 4.79 Å². The SMILES string of the molecule is COc1ccc2ccccc2c1-c1c(OC)ccc2cc(C(C)=O)ccc12. The maximum atomic E-state index is 11.8.